The van der Waals surface area contributed by atoms with Crippen LogP contribution in [0, 0.1) is 11.3 Å². The van der Waals surface area contributed by atoms with Gasteiger partial charge in [-0.25, -0.2) is 0 Å². The van der Waals surface area contributed by atoms with E-state index in [1.54, 1.807) is 0 Å². The lowest BCUT2D eigenvalue weighted by Crippen LogP contribution is -2.40. The van der Waals surface area contributed by atoms with Gasteiger partial charge >= 0.3 is 6.18 Å². The molecular formula is C23H22F3N3O4. The zero-order valence-corrected chi connectivity index (χ0v) is 17.8. The first-order valence-corrected chi connectivity index (χ1v) is 10.2. The number of alkyl halides is 3. The van der Waals surface area contributed by atoms with E-state index in [1.165, 1.54) is 42.3 Å². The number of nitrogens with zero attached hydrogens (tertiary/aromatic N) is 2. The van der Waals surface area contributed by atoms with E-state index in [0.717, 1.165) is 12.1 Å². The highest BCUT2D eigenvalue weighted by Gasteiger charge is 2.32. The maximum atomic E-state index is 13.2. The summed E-state index contributed by atoms with van der Waals surface area (Å²) in [7, 11) is 1.39. The van der Waals surface area contributed by atoms with E-state index in [2.05, 4.69) is 5.32 Å². The van der Waals surface area contributed by atoms with Gasteiger partial charge in [-0.1, -0.05) is 12.1 Å². The fourth-order valence-electron chi connectivity index (χ4n) is 3.52. The number of methoxy groups -OCH3 is 1. The molecule has 2 aromatic rings. The number of carbonyl (C=O) groups is 2. The Morgan fingerprint density at radius 2 is 2.03 bits per heavy atom. The smallest absolute Gasteiger partial charge is 0.416 e. The fourth-order valence-corrected chi connectivity index (χ4v) is 3.52. The van der Waals surface area contributed by atoms with Crippen LogP contribution in [0.4, 0.5) is 13.2 Å². The van der Waals surface area contributed by atoms with Gasteiger partial charge in [-0.3, -0.25) is 9.59 Å². The van der Waals surface area contributed by atoms with Gasteiger partial charge in [0.15, 0.2) is 18.1 Å². The second-order valence-corrected chi connectivity index (χ2v) is 7.45. The molecule has 1 saturated heterocycles. The molecule has 0 aliphatic carbocycles. The number of rotatable bonds is 8. The summed E-state index contributed by atoms with van der Waals surface area (Å²) < 4.78 is 50.2. The molecule has 33 heavy (non-hydrogen) atoms. The monoisotopic (exact) mass is 461 g/mol. The number of hydrogen-bond donors (Lipinski definition) is 1. The number of nitriles is 1. The molecule has 1 heterocycles. The van der Waals surface area contributed by atoms with Crippen molar-refractivity contribution in [3.8, 4) is 17.6 Å². The highest BCUT2D eigenvalue weighted by molar-refractivity contribution is 5.79. The molecule has 3 rings (SSSR count). The molecule has 2 aromatic carbocycles. The third kappa shape index (κ3) is 6.16. The molecule has 0 saturated carbocycles. The van der Waals surface area contributed by atoms with Crippen LogP contribution >= 0.6 is 0 Å². The van der Waals surface area contributed by atoms with Gasteiger partial charge in [0, 0.05) is 25.6 Å². The summed E-state index contributed by atoms with van der Waals surface area (Å²) in [6, 6.07) is 10.2. The van der Waals surface area contributed by atoms with E-state index >= 15 is 0 Å². The predicted molar refractivity (Wildman–Crippen MR) is 111 cm³/mol. The van der Waals surface area contributed by atoms with Crippen molar-refractivity contribution >= 4 is 11.8 Å². The SMILES string of the molecule is COc1cc(C#N)ccc1OCC(=O)NC(CN1CCCC1=O)c1cccc(C(F)(F)F)c1. The summed E-state index contributed by atoms with van der Waals surface area (Å²) in [5.74, 6) is -0.203. The first-order chi connectivity index (χ1) is 15.7. The molecule has 1 fully saturated rings. The normalized spacial score (nSPS) is 14.5. The van der Waals surface area contributed by atoms with Crippen LogP contribution in [-0.4, -0.2) is 43.5 Å². The third-order valence-electron chi connectivity index (χ3n) is 5.18. The average molecular weight is 461 g/mol. The Bertz CT molecular complexity index is 1070. The highest BCUT2D eigenvalue weighted by atomic mass is 19.4. The molecule has 2 amide bonds. The van der Waals surface area contributed by atoms with Gasteiger partial charge in [-0.05, 0) is 36.2 Å². The van der Waals surface area contributed by atoms with E-state index in [-0.39, 0.29) is 29.5 Å². The molecule has 174 valence electrons. The van der Waals surface area contributed by atoms with Crippen LogP contribution < -0.4 is 14.8 Å². The van der Waals surface area contributed by atoms with Crippen molar-refractivity contribution in [2.75, 3.05) is 26.8 Å². The van der Waals surface area contributed by atoms with Gasteiger partial charge in [0.05, 0.1) is 30.3 Å². The van der Waals surface area contributed by atoms with Gasteiger partial charge < -0.3 is 19.7 Å². The van der Waals surface area contributed by atoms with Crippen molar-refractivity contribution in [2.24, 2.45) is 0 Å². The van der Waals surface area contributed by atoms with Crippen molar-refractivity contribution < 1.29 is 32.2 Å². The Hall–Kier alpha value is -3.74. The van der Waals surface area contributed by atoms with E-state index < -0.39 is 30.3 Å². The molecule has 10 heteroatoms. The quantitative estimate of drug-likeness (QED) is 0.650. The van der Waals surface area contributed by atoms with Crippen molar-refractivity contribution in [3.05, 3.63) is 59.2 Å². The van der Waals surface area contributed by atoms with Crippen LogP contribution in [0.25, 0.3) is 0 Å². The average Bonchev–Trinajstić information content (AvgIpc) is 3.20. The number of likely N-dealkylation sites (tertiary alicyclic amines) is 1. The second-order valence-electron chi connectivity index (χ2n) is 7.45. The van der Waals surface area contributed by atoms with Crippen LogP contribution in [0.3, 0.4) is 0 Å². The van der Waals surface area contributed by atoms with Crippen molar-refractivity contribution in [3.63, 3.8) is 0 Å². The first-order valence-electron chi connectivity index (χ1n) is 10.2. The molecular weight excluding hydrogens is 439 g/mol. The third-order valence-corrected chi connectivity index (χ3v) is 5.18. The summed E-state index contributed by atoms with van der Waals surface area (Å²) in [6.07, 6.45) is -3.52. The van der Waals surface area contributed by atoms with E-state index in [4.69, 9.17) is 14.7 Å². The van der Waals surface area contributed by atoms with E-state index in [1.807, 2.05) is 6.07 Å². The Morgan fingerprint density at radius 1 is 1.24 bits per heavy atom. The summed E-state index contributed by atoms with van der Waals surface area (Å²) in [5, 5.41) is 11.6. The molecule has 7 nitrogen and oxygen atoms in total. The molecule has 0 bridgehead atoms. The Labute approximate surface area is 188 Å². The van der Waals surface area contributed by atoms with Crippen molar-refractivity contribution in [1.82, 2.24) is 10.2 Å². The lowest BCUT2D eigenvalue weighted by Gasteiger charge is -2.26. The minimum Gasteiger partial charge on any atom is -0.493 e. The Morgan fingerprint density at radius 3 is 2.67 bits per heavy atom. The van der Waals surface area contributed by atoms with Crippen LogP contribution in [0.2, 0.25) is 0 Å². The predicted octanol–water partition coefficient (Wildman–Crippen LogP) is 3.44. The van der Waals surface area contributed by atoms with E-state index in [9.17, 15) is 22.8 Å². The number of carbonyl (C=O) groups excluding carboxylic acids is 2. The second kappa shape index (κ2) is 10.3. The Kier molecular flexibility index (Phi) is 7.43. The molecule has 0 aromatic heterocycles. The molecule has 1 aliphatic rings. The zero-order chi connectivity index (χ0) is 24.0. The maximum Gasteiger partial charge on any atom is 0.416 e. The van der Waals surface area contributed by atoms with E-state index in [0.29, 0.717) is 24.9 Å². The van der Waals surface area contributed by atoms with Gasteiger partial charge in [0.2, 0.25) is 5.91 Å². The number of nitrogens with one attached hydrogen (secondary N) is 1. The van der Waals surface area contributed by atoms with Gasteiger partial charge in [-0.2, -0.15) is 18.4 Å². The summed E-state index contributed by atoms with van der Waals surface area (Å²) in [4.78, 5) is 26.2. The Balaban J connectivity index is 1.75. The van der Waals surface area contributed by atoms with Gasteiger partial charge in [0.25, 0.3) is 5.91 Å². The van der Waals surface area contributed by atoms with Crippen molar-refractivity contribution in [2.45, 2.75) is 25.1 Å². The molecule has 1 unspecified atom stereocenters. The maximum absolute atomic E-state index is 13.2. The summed E-state index contributed by atoms with van der Waals surface area (Å²) >= 11 is 0. The lowest BCUT2D eigenvalue weighted by molar-refractivity contribution is -0.137. The number of benzene rings is 2. The zero-order valence-electron chi connectivity index (χ0n) is 17.8. The van der Waals surface area contributed by atoms with Crippen LogP contribution in [-0.2, 0) is 15.8 Å². The minimum atomic E-state index is -4.54. The summed E-state index contributed by atoms with van der Waals surface area (Å²) in [6.45, 7) is 0.0842. The molecule has 0 radical (unpaired) electrons. The van der Waals surface area contributed by atoms with Crippen molar-refractivity contribution in [1.29, 1.82) is 5.26 Å². The minimum absolute atomic E-state index is 0.0477. The molecule has 1 aliphatic heterocycles. The van der Waals surface area contributed by atoms with Gasteiger partial charge in [0.1, 0.15) is 0 Å². The molecule has 1 N–H and O–H groups in total. The number of ether oxygens (including phenoxy) is 2. The molecule has 1 atom stereocenters. The number of amides is 2. The standard InChI is InChI=1S/C23H22F3N3O4/c1-32-20-10-15(12-27)7-8-19(20)33-14-21(30)28-18(13-29-9-3-6-22(29)31)16-4-2-5-17(11-16)23(24,25)26/h2,4-5,7-8,10-11,18H,3,6,9,13-14H2,1H3,(H,28,30). The fraction of sp³-hybridized carbons (Fsp3) is 0.348. The topological polar surface area (TPSA) is 91.7 Å². The summed E-state index contributed by atoms with van der Waals surface area (Å²) in [5.41, 5.74) is -0.261. The highest BCUT2D eigenvalue weighted by Crippen LogP contribution is 2.31. The molecule has 0 spiro atoms. The number of halogens is 3. The van der Waals surface area contributed by atoms with Crippen LogP contribution in [0.15, 0.2) is 42.5 Å². The van der Waals surface area contributed by atoms with Crippen LogP contribution in [0.5, 0.6) is 11.5 Å². The largest absolute Gasteiger partial charge is 0.493 e. The van der Waals surface area contributed by atoms with Crippen LogP contribution in [0.1, 0.15) is 35.6 Å². The lowest BCUT2D eigenvalue weighted by atomic mass is 10.0. The number of hydrogen-bond acceptors (Lipinski definition) is 5. The van der Waals surface area contributed by atoms with Gasteiger partial charge in [-0.15, -0.1) is 0 Å². The first kappa shape index (κ1) is 23.9.